The summed E-state index contributed by atoms with van der Waals surface area (Å²) in [5.74, 6) is 0.193. The Labute approximate surface area is 309 Å². The van der Waals surface area contributed by atoms with Crippen LogP contribution in [0.3, 0.4) is 0 Å². The second-order valence-electron chi connectivity index (χ2n) is 8.38. The molecule has 3 heterocycles. The third kappa shape index (κ3) is 51.2. The molecule has 0 aliphatic carbocycles. The van der Waals surface area contributed by atoms with Crippen LogP contribution < -0.4 is 40.2 Å². The van der Waals surface area contributed by atoms with E-state index in [9.17, 15) is 47.0 Å². The van der Waals surface area contributed by atoms with Gasteiger partial charge in [0.05, 0.1) is 90.9 Å². The molecule has 290 valence electrons. The molecule has 0 spiro atoms. The molecule has 0 amide bonds. The molecule has 0 bridgehead atoms. The number of ether oxygens (including phenoxy) is 1. The van der Waals surface area contributed by atoms with Crippen LogP contribution >= 0.6 is 0 Å². The van der Waals surface area contributed by atoms with Gasteiger partial charge in [0, 0.05) is 30.4 Å². The Kier molecular flexibility index (Phi) is 41.3. The minimum Gasteiger partial charge on any atom is -0.444 e. The van der Waals surface area contributed by atoms with E-state index in [4.69, 9.17) is 45.0 Å². The average molecular weight is 831 g/mol. The first-order valence-corrected chi connectivity index (χ1v) is 21.2. The molecule has 6 N–H and O–H groups in total. The molecule has 0 aromatic heterocycles. The predicted octanol–water partition coefficient (Wildman–Crippen LogP) is -6.85. The Morgan fingerprint density at radius 1 is 0.796 bits per heavy atom. The Morgan fingerprint density at radius 3 is 1.39 bits per heavy atom. The maximum atomic E-state index is 10.7. The van der Waals surface area contributed by atoms with Crippen LogP contribution in [0.4, 0.5) is 0 Å². The summed E-state index contributed by atoms with van der Waals surface area (Å²) in [5, 5.41) is 46.1. The van der Waals surface area contributed by atoms with Crippen LogP contribution in [-0.2, 0) is 54.5 Å². The topological polar surface area (TPSA) is 418 Å². The van der Waals surface area contributed by atoms with Gasteiger partial charge in [0.25, 0.3) is 20.2 Å². The van der Waals surface area contributed by atoms with E-state index in [0.29, 0.717) is 37.8 Å². The summed E-state index contributed by atoms with van der Waals surface area (Å²) in [6.45, 7) is 1.75. The van der Waals surface area contributed by atoms with Crippen LogP contribution in [0.5, 0.6) is 0 Å². The molecule has 3 rings (SSSR count). The third-order valence-electron chi connectivity index (χ3n) is 4.69. The minimum atomic E-state index is -3.92. The van der Waals surface area contributed by atoms with Crippen LogP contribution in [0.2, 0.25) is 0 Å². The predicted molar refractivity (Wildman–Crippen MR) is 172 cm³/mol. The van der Waals surface area contributed by atoms with Gasteiger partial charge in [-0.2, -0.15) is 16.8 Å². The number of nitrogens with one attached hydrogen (secondary N) is 2. The van der Waals surface area contributed by atoms with Crippen LogP contribution in [0, 0.1) is 25.8 Å². The number of hydrogen-bond acceptors (Lipinski definition) is 22. The average Bonchev–Trinajstić information content (AvgIpc) is 2.95. The number of aliphatic hydroxyl groups excluding tert-OH is 2. The molecule has 0 atom stereocenters. The van der Waals surface area contributed by atoms with Gasteiger partial charge < -0.3 is 30.4 Å². The molecule has 0 aromatic carbocycles. The van der Waals surface area contributed by atoms with Crippen molar-refractivity contribution in [3.05, 3.63) is 15.0 Å². The minimum absolute atomic E-state index is 0. The smallest absolute Gasteiger partial charge is 0.444 e. The van der Waals surface area contributed by atoms with Crippen molar-refractivity contribution < 1.29 is 97.1 Å². The van der Waals surface area contributed by atoms with Gasteiger partial charge in [-0.15, -0.1) is 10.2 Å². The molecule has 3 aliphatic rings. The second-order valence-corrected chi connectivity index (χ2v) is 18.4. The summed E-state index contributed by atoms with van der Waals surface area (Å²) in [6.07, 6.45) is 0. The van der Waals surface area contributed by atoms with E-state index in [-0.39, 0.29) is 93.5 Å². The Hall–Kier alpha value is -1.31. The Bertz CT molecular complexity index is 1330. The number of nitrogens with zero attached hydrogens (tertiary/aromatic N) is 5. The van der Waals surface area contributed by atoms with Gasteiger partial charge in [0.1, 0.15) is 0 Å². The van der Waals surface area contributed by atoms with E-state index >= 15 is 0 Å². The van der Waals surface area contributed by atoms with Crippen molar-refractivity contribution in [2.75, 3.05) is 105 Å². The van der Waals surface area contributed by atoms with Crippen LogP contribution in [-0.4, -0.2) is 172 Å². The number of hydrogen-bond donors (Lipinski definition) is 6. The maximum absolute atomic E-state index is 10.7. The molecule has 31 heteroatoms. The zero-order valence-electron chi connectivity index (χ0n) is 26.8. The van der Waals surface area contributed by atoms with Crippen LogP contribution in [0.15, 0.2) is 10.6 Å². The molecule has 0 radical (unpaired) electrons. The van der Waals surface area contributed by atoms with Crippen molar-refractivity contribution >= 4 is 49.7 Å². The van der Waals surface area contributed by atoms with Gasteiger partial charge in [-0.3, -0.25) is 19.4 Å². The quantitative estimate of drug-likeness (QED) is 0.0264. The monoisotopic (exact) mass is 830 g/mol. The van der Waals surface area contributed by atoms with E-state index in [1.807, 2.05) is 0 Å². The molecule has 3 saturated heterocycles. The van der Waals surface area contributed by atoms with E-state index < -0.39 is 62.1 Å². The van der Waals surface area contributed by atoms with E-state index in [1.54, 1.807) is 0 Å². The van der Waals surface area contributed by atoms with Gasteiger partial charge in [0.15, 0.2) is 29.5 Å². The molecule has 3 fully saturated rings. The second kappa shape index (κ2) is 33.8. The first-order chi connectivity index (χ1) is 21.6. The SMILES string of the molecule is C.N#N.O=NN1CCS(=O)(=O)CC1.O=N[O-].O=S(=O)(O)CCNCO.O=S(=O)(O)CCO.O=S1(=O)CCNCC1.O=S1(=O)CCOCC1.[H+].[Na+]. The molecule has 0 saturated carbocycles. The summed E-state index contributed by atoms with van der Waals surface area (Å²) in [7, 11) is -16.0. The molecule has 49 heavy (non-hydrogen) atoms. The van der Waals surface area contributed by atoms with Crippen LogP contribution in [0.25, 0.3) is 0 Å². The van der Waals surface area contributed by atoms with Crippen molar-refractivity contribution in [2.24, 2.45) is 10.6 Å². The van der Waals surface area contributed by atoms with Crippen LogP contribution in [0.1, 0.15) is 8.85 Å². The molecular weight excluding hydrogens is 786 g/mol. The Balaban J connectivity index is -0.0000000885. The van der Waals surface area contributed by atoms with E-state index in [1.165, 1.54) is 5.01 Å². The van der Waals surface area contributed by atoms with Gasteiger partial charge >= 0.3 is 31.0 Å². The Morgan fingerprint density at radius 2 is 1.16 bits per heavy atom. The van der Waals surface area contributed by atoms with Crippen molar-refractivity contribution in [3.8, 4) is 0 Å². The van der Waals surface area contributed by atoms with Gasteiger partial charge in [-0.1, -0.05) is 7.43 Å². The van der Waals surface area contributed by atoms with E-state index in [2.05, 4.69) is 15.9 Å². The molecule has 0 aromatic rings. The first-order valence-electron chi connectivity index (χ1n) is 12.5. The third-order valence-corrected chi connectivity index (χ3v) is 10.9. The number of rotatable bonds is 7. The largest absolute Gasteiger partial charge is 1.00 e. The summed E-state index contributed by atoms with van der Waals surface area (Å²) in [4.78, 5) is 17.9. The standard InChI is InChI=1S/C4H8N2O3S.C4H9NO2S.C4H8O3S.C3H9NO4S.C2H6O4S.CH4.N2.HNO2.Na/c7-5-6-1-3-10(8,9)4-2-6;6-8(7)3-1-5-2-4-8;5-8(6)3-1-7-2-4-8;5-3-4-1-2-9(6,7)8;3-1-2-7(4,5)6;;1-2;2-1-3;/h1-4H2;5H,1-4H2;1-4H2;4-5H,1-3H2,(H,6,7,8);3H,1-2H2,(H,4,5,6);1H4;;(H,2,3);/q;;;;;;;;+1. The summed E-state index contributed by atoms with van der Waals surface area (Å²) < 4.78 is 124. The molecular formula is C18H45N7NaO18S5+. The van der Waals surface area contributed by atoms with E-state index in [0.717, 1.165) is 5.34 Å². The van der Waals surface area contributed by atoms with Crippen molar-refractivity contribution in [2.45, 2.75) is 7.43 Å². The molecule has 0 unspecified atom stereocenters. The molecule has 25 nitrogen and oxygen atoms in total. The van der Waals surface area contributed by atoms with Crippen molar-refractivity contribution in [3.63, 3.8) is 0 Å². The normalized spacial score (nSPS) is 18.0. The number of nitroso groups, excluding NO2 is 1. The van der Waals surface area contributed by atoms with Gasteiger partial charge in [0.2, 0.25) is 0 Å². The van der Waals surface area contributed by atoms with Crippen molar-refractivity contribution in [1.82, 2.24) is 15.6 Å². The summed E-state index contributed by atoms with van der Waals surface area (Å²) in [6, 6.07) is 0. The maximum Gasteiger partial charge on any atom is 1.00 e. The summed E-state index contributed by atoms with van der Waals surface area (Å²) in [5.41, 5.74) is 0. The fourth-order valence-corrected chi connectivity index (χ4v) is 6.32. The zero-order valence-corrected chi connectivity index (χ0v) is 31.9. The van der Waals surface area contributed by atoms with Gasteiger partial charge in [-0.05, 0) is 0 Å². The fourth-order valence-electron chi connectivity index (χ4n) is 2.44. The first kappa shape index (κ1) is 59.8. The molecule has 3 aliphatic heterocycles. The fraction of sp³-hybridized carbons (Fsp3) is 1.00. The van der Waals surface area contributed by atoms with Crippen molar-refractivity contribution in [1.29, 1.82) is 10.8 Å². The number of aliphatic hydroxyl groups is 2. The number of sulfone groups is 3. The van der Waals surface area contributed by atoms with Gasteiger partial charge in [-0.25, -0.2) is 25.3 Å². The summed E-state index contributed by atoms with van der Waals surface area (Å²) >= 11 is 0. The zero-order chi connectivity index (χ0) is 37.6.